The van der Waals surface area contributed by atoms with Crippen LogP contribution in [0.1, 0.15) is 51.4 Å². The number of rotatable bonds is 4. The van der Waals surface area contributed by atoms with Crippen LogP contribution >= 0.6 is 0 Å². The Morgan fingerprint density at radius 2 is 1.65 bits per heavy atom. The molecule has 4 saturated carbocycles. The van der Waals surface area contributed by atoms with Gasteiger partial charge in [-0.2, -0.15) is 0 Å². The van der Waals surface area contributed by atoms with Gasteiger partial charge in [-0.25, -0.2) is 12.7 Å². The molecule has 0 radical (unpaired) electrons. The lowest BCUT2D eigenvalue weighted by Gasteiger charge is -2.55. The van der Waals surface area contributed by atoms with E-state index in [2.05, 4.69) is 5.32 Å². The number of sulfonamides is 1. The van der Waals surface area contributed by atoms with Crippen molar-refractivity contribution in [1.29, 1.82) is 0 Å². The highest BCUT2D eigenvalue weighted by atomic mass is 32.2. The predicted molar refractivity (Wildman–Crippen MR) is 88.2 cm³/mol. The molecule has 6 heteroatoms. The third-order valence-electron chi connectivity index (χ3n) is 6.62. The highest BCUT2D eigenvalue weighted by Gasteiger charge is 2.54. The second-order valence-corrected chi connectivity index (χ2v) is 10.5. The molecule has 5 aliphatic rings. The van der Waals surface area contributed by atoms with Crippen LogP contribution < -0.4 is 5.32 Å². The van der Waals surface area contributed by atoms with Crippen molar-refractivity contribution in [3.63, 3.8) is 0 Å². The van der Waals surface area contributed by atoms with Gasteiger partial charge >= 0.3 is 0 Å². The first-order valence-corrected chi connectivity index (χ1v) is 10.8. The third kappa shape index (κ3) is 2.93. The van der Waals surface area contributed by atoms with E-state index in [-0.39, 0.29) is 17.1 Å². The first kappa shape index (κ1) is 15.9. The number of amides is 1. The fourth-order valence-electron chi connectivity index (χ4n) is 5.96. The van der Waals surface area contributed by atoms with Crippen LogP contribution in [0.4, 0.5) is 0 Å². The number of hydrogen-bond donors (Lipinski definition) is 1. The Bertz CT molecular complexity index is 551. The predicted octanol–water partition coefficient (Wildman–Crippen LogP) is 1.74. The molecule has 130 valence electrons. The van der Waals surface area contributed by atoms with Gasteiger partial charge in [-0.05, 0) is 69.1 Å². The molecule has 0 spiro atoms. The molecule has 5 rings (SSSR count). The van der Waals surface area contributed by atoms with Crippen molar-refractivity contribution in [3.8, 4) is 0 Å². The Hall–Kier alpha value is -0.620. The van der Waals surface area contributed by atoms with Crippen molar-refractivity contribution in [3.05, 3.63) is 0 Å². The summed E-state index contributed by atoms with van der Waals surface area (Å²) in [4.78, 5) is 12.8. The van der Waals surface area contributed by atoms with Gasteiger partial charge < -0.3 is 5.32 Å². The van der Waals surface area contributed by atoms with Crippen molar-refractivity contribution in [2.75, 3.05) is 25.4 Å². The molecular weight excluding hydrogens is 312 g/mol. The minimum Gasteiger partial charge on any atom is -0.354 e. The molecule has 1 N–H and O–H groups in total. The Labute approximate surface area is 139 Å². The molecule has 4 bridgehead atoms. The molecule has 1 heterocycles. The van der Waals surface area contributed by atoms with Crippen LogP contribution in [0.15, 0.2) is 0 Å². The average Bonchev–Trinajstić information content (AvgIpc) is 2.47. The molecule has 1 amide bonds. The molecule has 4 aliphatic carbocycles. The molecule has 0 unspecified atom stereocenters. The van der Waals surface area contributed by atoms with Gasteiger partial charge in [-0.15, -0.1) is 0 Å². The Morgan fingerprint density at radius 1 is 1.04 bits per heavy atom. The lowest BCUT2D eigenvalue weighted by atomic mass is 9.49. The highest BCUT2D eigenvalue weighted by molar-refractivity contribution is 7.89. The number of hydrogen-bond acceptors (Lipinski definition) is 3. The van der Waals surface area contributed by atoms with Crippen molar-refractivity contribution >= 4 is 15.9 Å². The molecule has 5 fully saturated rings. The third-order valence-corrected chi connectivity index (χ3v) is 8.58. The summed E-state index contributed by atoms with van der Waals surface area (Å²) in [5, 5.41) is 3.08. The average molecular weight is 340 g/mol. The summed E-state index contributed by atoms with van der Waals surface area (Å²) in [7, 11) is -3.08. The molecule has 23 heavy (non-hydrogen) atoms. The van der Waals surface area contributed by atoms with E-state index in [1.54, 1.807) is 4.31 Å². The lowest BCUT2D eigenvalue weighted by molar-refractivity contribution is -0.146. The van der Waals surface area contributed by atoms with Crippen molar-refractivity contribution in [1.82, 2.24) is 9.62 Å². The standard InChI is InChI=1S/C17H28N2O3S/c20-16(18-3-5-19-4-1-2-6-23(19,21)22)17-10-13-7-14(11-17)9-15(8-13)12-17/h13-15H,1-12H2,(H,18,20). The van der Waals surface area contributed by atoms with Crippen LogP contribution in [0, 0.1) is 23.2 Å². The van der Waals surface area contributed by atoms with Gasteiger partial charge in [0, 0.05) is 25.0 Å². The fraction of sp³-hybridized carbons (Fsp3) is 0.941. The van der Waals surface area contributed by atoms with E-state index < -0.39 is 10.0 Å². The zero-order chi connectivity index (χ0) is 16.1. The quantitative estimate of drug-likeness (QED) is 0.848. The SMILES string of the molecule is O=C(NCCN1CCCCS1(=O)=O)C12CC3CC(CC(C3)C1)C2. The van der Waals surface area contributed by atoms with Gasteiger partial charge in [0.25, 0.3) is 0 Å². The molecule has 1 aliphatic heterocycles. The summed E-state index contributed by atoms with van der Waals surface area (Å²) < 4.78 is 25.5. The first-order chi connectivity index (χ1) is 11.0. The van der Waals surface area contributed by atoms with Crippen LogP contribution in [0.2, 0.25) is 0 Å². The molecule has 0 atom stereocenters. The summed E-state index contributed by atoms with van der Waals surface area (Å²) in [6.07, 6.45) is 8.88. The van der Waals surface area contributed by atoms with Gasteiger partial charge in [0.05, 0.1) is 5.75 Å². The van der Waals surface area contributed by atoms with Crippen LogP contribution in [-0.2, 0) is 14.8 Å². The van der Waals surface area contributed by atoms with E-state index in [0.29, 0.717) is 19.6 Å². The fourth-order valence-corrected chi connectivity index (χ4v) is 7.57. The van der Waals surface area contributed by atoms with E-state index in [1.165, 1.54) is 19.3 Å². The smallest absolute Gasteiger partial charge is 0.226 e. The Kier molecular flexibility index (Phi) is 3.95. The maximum atomic E-state index is 12.8. The molecule has 0 aromatic carbocycles. The van der Waals surface area contributed by atoms with E-state index in [1.807, 2.05) is 0 Å². The zero-order valence-corrected chi connectivity index (χ0v) is 14.6. The largest absolute Gasteiger partial charge is 0.354 e. The minimum atomic E-state index is -3.08. The summed E-state index contributed by atoms with van der Waals surface area (Å²) in [5.41, 5.74) is -0.129. The summed E-state index contributed by atoms with van der Waals surface area (Å²) in [6, 6.07) is 0. The van der Waals surface area contributed by atoms with Gasteiger partial charge in [0.1, 0.15) is 0 Å². The summed E-state index contributed by atoms with van der Waals surface area (Å²) >= 11 is 0. The lowest BCUT2D eigenvalue weighted by Crippen LogP contribution is -2.54. The second-order valence-electron chi connectivity index (χ2n) is 8.38. The van der Waals surface area contributed by atoms with Crippen molar-refractivity contribution in [2.45, 2.75) is 51.4 Å². The van der Waals surface area contributed by atoms with Gasteiger partial charge in [-0.1, -0.05) is 0 Å². The summed E-state index contributed by atoms with van der Waals surface area (Å²) in [5.74, 6) is 2.74. The van der Waals surface area contributed by atoms with Gasteiger partial charge in [0.15, 0.2) is 0 Å². The second kappa shape index (κ2) is 5.73. The van der Waals surface area contributed by atoms with Gasteiger partial charge in [0.2, 0.25) is 15.9 Å². The van der Waals surface area contributed by atoms with Gasteiger partial charge in [-0.3, -0.25) is 4.79 Å². The monoisotopic (exact) mass is 340 g/mol. The Balaban J connectivity index is 1.34. The molecule has 5 nitrogen and oxygen atoms in total. The van der Waals surface area contributed by atoms with E-state index in [4.69, 9.17) is 0 Å². The number of carbonyl (C=O) groups excluding carboxylic acids is 1. The molecular formula is C17H28N2O3S. The zero-order valence-electron chi connectivity index (χ0n) is 13.8. The maximum absolute atomic E-state index is 12.8. The molecule has 0 aromatic heterocycles. The number of carbonyl (C=O) groups is 1. The summed E-state index contributed by atoms with van der Waals surface area (Å²) in [6.45, 7) is 1.50. The van der Waals surface area contributed by atoms with Crippen LogP contribution in [0.5, 0.6) is 0 Å². The number of nitrogens with zero attached hydrogens (tertiary/aromatic N) is 1. The van der Waals surface area contributed by atoms with Crippen LogP contribution in [0.3, 0.4) is 0 Å². The van der Waals surface area contributed by atoms with E-state index >= 15 is 0 Å². The molecule has 0 aromatic rings. The first-order valence-electron chi connectivity index (χ1n) is 9.23. The van der Waals surface area contributed by atoms with Crippen molar-refractivity contribution < 1.29 is 13.2 Å². The van der Waals surface area contributed by atoms with Crippen LogP contribution in [-0.4, -0.2) is 44.0 Å². The Morgan fingerprint density at radius 3 is 2.22 bits per heavy atom. The van der Waals surface area contributed by atoms with Crippen molar-refractivity contribution in [2.24, 2.45) is 23.2 Å². The molecule has 1 saturated heterocycles. The topological polar surface area (TPSA) is 66.5 Å². The van der Waals surface area contributed by atoms with E-state index in [9.17, 15) is 13.2 Å². The minimum absolute atomic E-state index is 0.129. The van der Waals surface area contributed by atoms with Crippen LogP contribution in [0.25, 0.3) is 0 Å². The number of nitrogens with one attached hydrogen (secondary N) is 1. The normalized spacial score (nSPS) is 41.8. The highest BCUT2D eigenvalue weighted by Crippen LogP contribution is 2.60. The van der Waals surface area contributed by atoms with E-state index in [0.717, 1.165) is 49.9 Å². The maximum Gasteiger partial charge on any atom is 0.226 e.